The second-order valence-corrected chi connectivity index (χ2v) is 16.5. The molecular formula is C54H37ClN2S. The van der Waals surface area contributed by atoms with Gasteiger partial charge in [0.1, 0.15) is 0 Å². The highest BCUT2D eigenvalue weighted by Crippen LogP contribution is 2.48. The molecule has 0 fully saturated rings. The van der Waals surface area contributed by atoms with Crippen molar-refractivity contribution < 1.29 is 0 Å². The van der Waals surface area contributed by atoms with Crippen LogP contribution in [0.5, 0.6) is 0 Å². The summed E-state index contributed by atoms with van der Waals surface area (Å²) in [6, 6.07) is 65.8. The lowest BCUT2D eigenvalue weighted by molar-refractivity contribution is 0.918. The average Bonchev–Trinajstić information content (AvgIpc) is 3.84. The van der Waals surface area contributed by atoms with Crippen LogP contribution in [0.25, 0.3) is 81.0 Å². The van der Waals surface area contributed by atoms with Crippen LogP contribution in [0.3, 0.4) is 0 Å². The van der Waals surface area contributed by atoms with Gasteiger partial charge in [0, 0.05) is 54.0 Å². The van der Waals surface area contributed by atoms with Crippen LogP contribution >= 0.6 is 22.9 Å². The third-order valence-corrected chi connectivity index (χ3v) is 12.9. The first-order valence-electron chi connectivity index (χ1n) is 19.8. The van der Waals surface area contributed by atoms with Crippen LogP contribution in [0, 0.1) is 0 Å². The smallest absolute Gasteiger partial charge is 0.0720 e. The molecule has 2 nitrogen and oxygen atoms in total. The number of anilines is 2. The standard InChI is InChI=1S/C54H37ClN2S/c55-41-32-40(33-45(34-41)56(42-19-6-2-7-20-42)44-29-27-37(28-30-44)36-15-4-1-5-16-36)38-17-14-18-39(31-38)48-35-49-46-23-10-12-25-50(46)57(43-21-8-3-9-22-43)53(49)54-52(48)47-24-11-13-26-51(47)58-54/h1-6,8-19,21-35H,7,20H2. The van der Waals surface area contributed by atoms with Crippen LogP contribution in [0.4, 0.5) is 11.4 Å². The van der Waals surface area contributed by atoms with Gasteiger partial charge < -0.3 is 9.47 Å². The first-order valence-corrected chi connectivity index (χ1v) is 21.0. The van der Waals surface area contributed by atoms with Gasteiger partial charge in [-0.25, -0.2) is 0 Å². The van der Waals surface area contributed by atoms with Crippen LogP contribution in [-0.4, -0.2) is 4.57 Å². The van der Waals surface area contributed by atoms with Crippen LogP contribution < -0.4 is 4.90 Å². The Kier molecular flexibility index (Phi) is 8.57. The summed E-state index contributed by atoms with van der Waals surface area (Å²) in [6.07, 6.45) is 8.58. The largest absolute Gasteiger partial charge is 0.314 e. The normalized spacial score (nSPS) is 12.8. The van der Waals surface area contributed by atoms with E-state index in [1.165, 1.54) is 75.6 Å². The summed E-state index contributed by atoms with van der Waals surface area (Å²) < 4.78 is 5.04. The lowest BCUT2D eigenvalue weighted by atomic mass is 9.94. The molecule has 0 unspecified atom stereocenters. The summed E-state index contributed by atoms with van der Waals surface area (Å²) in [7, 11) is 0. The number of benzene rings is 8. The zero-order valence-electron chi connectivity index (χ0n) is 31.6. The molecule has 11 rings (SSSR count). The Hall–Kier alpha value is -6.65. The Morgan fingerprint density at radius 1 is 0.534 bits per heavy atom. The summed E-state index contributed by atoms with van der Waals surface area (Å²) in [5.74, 6) is 0. The maximum Gasteiger partial charge on any atom is 0.0720 e. The van der Waals surface area contributed by atoms with Crippen molar-refractivity contribution >= 4 is 76.3 Å². The molecule has 0 aliphatic heterocycles. The molecule has 1 aliphatic carbocycles. The molecule has 276 valence electrons. The van der Waals surface area contributed by atoms with Gasteiger partial charge in [-0.3, -0.25) is 0 Å². The van der Waals surface area contributed by atoms with E-state index in [4.69, 9.17) is 11.6 Å². The van der Waals surface area contributed by atoms with Gasteiger partial charge in [0.25, 0.3) is 0 Å². The number of hydrogen-bond acceptors (Lipinski definition) is 2. The Labute approximate surface area is 346 Å². The summed E-state index contributed by atoms with van der Waals surface area (Å²) in [5.41, 5.74) is 14.1. The first kappa shape index (κ1) is 34.6. The average molecular weight is 781 g/mol. The van der Waals surface area contributed by atoms with Crippen molar-refractivity contribution in [2.24, 2.45) is 0 Å². The van der Waals surface area contributed by atoms with Gasteiger partial charge in [0.15, 0.2) is 0 Å². The van der Waals surface area contributed by atoms with E-state index in [1.54, 1.807) is 0 Å². The molecule has 0 atom stereocenters. The summed E-state index contributed by atoms with van der Waals surface area (Å²) in [4.78, 5) is 2.37. The number of nitrogens with zero attached hydrogens (tertiary/aromatic N) is 2. The van der Waals surface area contributed by atoms with Crippen molar-refractivity contribution in [1.29, 1.82) is 0 Å². The minimum Gasteiger partial charge on any atom is -0.314 e. The number of para-hydroxylation sites is 2. The fourth-order valence-corrected chi connectivity index (χ4v) is 10.3. The first-order chi connectivity index (χ1) is 28.7. The Morgan fingerprint density at radius 2 is 1.24 bits per heavy atom. The highest BCUT2D eigenvalue weighted by atomic mass is 35.5. The Bertz CT molecular complexity index is 3230. The van der Waals surface area contributed by atoms with Crippen LogP contribution in [0.15, 0.2) is 206 Å². The highest BCUT2D eigenvalue weighted by molar-refractivity contribution is 7.26. The summed E-state index contributed by atoms with van der Waals surface area (Å²) in [6.45, 7) is 0. The number of allylic oxidation sites excluding steroid dienone is 4. The quantitative estimate of drug-likeness (QED) is 0.156. The second kappa shape index (κ2) is 14.4. The van der Waals surface area contributed by atoms with E-state index in [2.05, 4.69) is 210 Å². The number of hydrogen-bond donors (Lipinski definition) is 0. The van der Waals surface area contributed by atoms with E-state index in [1.807, 2.05) is 11.3 Å². The van der Waals surface area contributed by atoms with Gasteiger partial charge in [-0.05, 0) is 119 Å². The number of halogens is 1. The SMILES string of the molecule is Clc1cc(-c2cccc(-c3cc4c5ccccc5n(-c5ccccc5)c4c4sc5ccccc5c34)c2)cc(N(C2=CC=CCC2)c2ccc(-c3ccccc3)cc2)c1. The van der Waals surface area contributed by atoms with E-state index < -0.39 is 0 Å². The van der Waals surface area contributed by atoms with E-state index >= 15 is 0 Å². The summed E-state index contributed by atoms with van der Waals surface area (Å²) >= 11 is 8.96. The monoisotopic (exact) mass is 780 g/mol. The van der Waals surface area contributed by atoms with Gasteiger partial charge in [-0.1, -0.05) is 139 Å². The molecule has 0 amide bonds. The zero-order valence-corrected chi connectivity index (χ0v) is 33.2. The van der Waals surface area contributed by atoms with E-state index in [-0.39, 0.29) is 0 Å². The predicted octanol–water partition coefficient (Wildman–Crippen LogP) is 16.2. The molecule has 58 heavy (non-hydrogen) atoms. The molecule has 0 saturated heterocycles. The van der Waals surface area contributed by atoms with E-state index in [0.717, 1.165) is 35.3 Å². The summed E-state index contributed by atoms with van der Waals surface area (Å²) in [5, 5.41) is 5.79. The van der Waals surface area contributed by atoms with Crippen molar-refractivity contribution in [2.75, 3.05) is 4.90 Å². The van der Waals surface area contributed by atoms with Crippen molar-refractivity contribution in [2.45, 2.75) is 12.8 Å². The molecule has 8 aromatic carbocycles. The molecule has 10 aromatic rings. The lowest BCUT2D eigenvalue weighted by Crippen LogP contribution is -2.17. The maximum atomic E-state index is 7.07. The van der Waals surface area contributed by atoms with Gasteiger partial charge in [-0.2, -0.15) is 0 Å². The van der Waals surface area contributed by atoms with Gasteiger partial charge in [0.05, 0.1) is 15.7 Å². The molecule has 0 spiro atoms. The lowest BCUT2D eigenvalue weighted by Gasteiger charge is -2.29. The van der Waals surface area contributed by atoms with E-state index in [0.29, 0.717) is 5.02 Å². The molecule has 0 saturated carbocycles. The van der Waals surface area contributed by atoms with Crippen LogP contribution in [0.2, 0.25) is 5.02 Å². The fraction of sp³-hybridized carbons (Fsp3) is 0.0370. The molecule has 0 bridgehead atoms. The second-order valence-electron chi connectivity index (χ2n) is 15.0. The zero-order chi connectivity index (χ0) is 38.6. The Balaban J connectivity index is 1.08. The topological polar surface area (TPSA) is 8.17 Å². The maximum absolute atomic E-state index is 7.07. The minimum atomic E-state index is 0.706. The van der Waals surface area contributed by atoms with Crippen LogP contribution in [-0.2, 0) is 0 Å². The Morgan fingerprint density at radius 3 is 2.05 bits per heavy atom. The van der Waals surface area contributed by atoms with Crippen molar-refractivity contribution in [3.63, 3.8) is 0 Å². The molecule has 0 radical (unpaired) electrons. The highest BCUT2D eigenvalue weighted by Gasteiger charge is 2.22. The van der Waals surface area contributed by atoms with E-state index in [9.17, 15) is 0 Å². The van der Waals surface area contributed by atoms with Gasteiger partial charge in [0.2, 0.25) is 0 Å². The molecule has 0 N–H and O–H groups in total. The molecule has 4 heteroatoms. The number of aromatic nitrogens is 1. The van der Waals surface area contributed by atoms with Crippen molar-refractivity contribution in [3.8, 4) is 39.1 Å². The third-order valence-electron chi connectivity index (χ3n) is 11.5. The molecular weight excluding hydrogens is 744 g/mol. The fourth-order valence-electron chi connectivity index (χ4n) is 8.83. The molecule has 2 heterocycles. The third kappa shape index (κ3) is 5.94. The number of thiophene rings is 1. The number of rotatable bonds is 7. The minimum absolute atomic E-state index is 0.706. The molecule has 2 aromatic heterocycles. The predicted molar refractivity (Wildman–Crippen MR) is 250 cm³/mol. The van der Waals surface area contributed by atoms with Crippen molar-refractivity contribution in [3.05, 3.63) is 211 Å². The molecule has 1 aliphatic rings. The van der Waals surface area contributed by atoms with Crippen molar-refractivity contribution in [1.82, 2.24) is 4.57 Å². The van der Waals surface area contributed by atoms with Gasteiger partial charge >= 0.3 is 0 Å². The van der Waals surface area contributed by atoms with Gasteiger partial charge in [-0.15, -0.1) is 11.3 Å². The number of fused-ring (bicyclic) bond motifs is 7. The van der Waals surface area contributed by atoms with Crippen LogP contribution in [0.1, 0.15) is 12.8 Å².